The van der Waals surface area contributed by atoms with Crippen LogP contribution in [0, 0.1) is 6.92 Å². The molecule has 0 atom stereocenters. The SMILES string of the molecule is CCCc1ccc(N(c2ccccc2)c2ccc(C=Cc3ccc(C=C(C)C(=O)O)cc3)c(C)c2)cc1. The van der Waals surface area contributed by atoms with Gasteiger partial charge in [-0.05, 0) is 90.6 Å². The molecule has 186 valence electrons. The number of carbonyl (C=O) groups is 1. The molecule has 0 bridgehead atoms. The second-order valence-electron chi connectivity index (χ2n) is 9.26. The van der Waals surface area contributed by atoms with E-state index in [1.54, 1.807) is 13.0 Å². The lowest BCUT2D eigenvalue weighted by Gasteiger charge is -2.26. The quantitative estimate of drug-likeness (QED) is 0.189. The Morgan fingerprint density at radius 2 is 1.41 bits per heavy atom. The van der Waals surface area contributed by atoms with Crippen LogP contribution in [0.15, 0.2) is 103 Å². The van der Waals surface area contributed by atoms with E-state index in [4.69, 9.17) is 5.11 Å². The minimum atomic E-state index is -0.901. The van der Waals surface area contributed by atoms with Gasteiger partial charge in [-0.2, -0.15) is 0 Å². The molecule has 37 heavy (non-hydrogen) atoms. The minimum absolute atomic E-state index is 0.320. The van der Waals surface area contributed by atoms with Gasteiger partial charge >= 0.3 is 5.97 Å². The van der Waals surface area contributed by atoms with Crippen molar-refractivity contribution in [2.45, 2.75) is 33.6 Å². The van der Waals surface area contributed by atoms with Gasteiger partial charge in [0.25, 0.3) is 0 Å². The van der Waals surface area contributed by atoms with Gasteiger partial charge in [-0.1, -0.05) is 86.2 Å². The van der Waals surface area contributed by atoms with Gasteiger partial charge < -0.3 is 10.0 Å². The van der Waals surface area contributed by atoms with Gasteiger partial charge in [0.2, 0.25) is 0 Å². The van der Waals surface area contributed by atoms with Crippen LogP contribution in [-0.4, -0.2) is 11.1 Å². The van der Waals surface area contributed by atoms with Crippen LogP contribution in [-0.2, 0) is 11.2 Å². The molecular weight excluding hydrogens is 454 g/mol. The molecule has 0 aromatic heterocycles. The smallest absolute Gasteiger partial charge is 0.331 e. The van der Waals surface area contributed by atoms with E-state index in [-0.39, 0.29) is 0 Å². The Morgan fingerprint density at radius 3 is 2.03 bits per heavy atom. The van der Waals surface area contributed by atoms with Crippen LogP contribution < -0.4 is 4.90 Å². The van der Waals surface area contributed by atoms with E-state index in [9.17, 15) is 4.79 Å². The molecule has 0 saturated heterocycles. The topological polar surface area (TPSA) is 40.5 Å². The molecule has 4 rings (SSSR count). The Kier molecular flexibility index (Phi) is 8.37. The van der Waals surface area contributed by atoms with Crippen molar-refractivity contribution in [1.29, 1.82) is 0 Å². The number of aryl methyl sites for hydroxylation is 2. The standard InChI is InChI=1S/C34H33NO2/c1-4-8-27-16-20-32(21-17-27)35(31-9-6-5-7-10-31)33-22-19-30(25(2)24-33)18-15-28-11-13-29(14-12-28)23-26(3)34(36)37/h5-7,9-24H,4,8H2,1-3H3,(H,36,37). The first kappa shape index (κ1) is 25.7. The molecule has 0 aliphatic carbocycles. The summed E-state index contributed by atoms with van der Waals surface area (Å²) in [5.41, 5.74) is 9.34. The van der Waals surface area contributed by atoms with Crippen molar-refractivity contribution < 1.29 is 9.90 Å². The third-order valence-corrected chi connectivity index (χ3v) is 6.37. The predicted molar refractivity (Wildman–Crippen MR) is 157 cm³/mol. The molecule has 0 aliphatic rings. The lowest BCUT2D eigenvalue weighted by atomic mass is 10.0. The first-order chi connectivity index (χ1) is 17.9. The monoisotopic (exact) mass is 487 g/mol. The molecule has 0 saturated carbocycles. The van der Waals surface area contributed by atoms with Gasteiger partial charge in [0.15, 0.2) is 0 Å². The number of aliphatic carboxylic acids is 1. The number of para-hydroxylation sites is 1. The largest absolute Gasteiger partial charge is 0.478 e. The molecule has 0 heterocycles. The molecule has 0 unspecified atom stereocenters. The Bertz CT molecular complexity index is 1400. The summed E-state index contributed by atoms with van der Waals surface area (Å²) in [7, 11) is 0. The van der Waals surface area contributed by atoms with Crippen LogP contribution in [0.5, 0.6) is 0 Å². The summed E-state index contributed by atoms with van der Waals surface area (Å²) < 4.78 is 0. The summed E-state index contributed by atoms with van der Waals surface area (Å²) in [6.45, 7) is 5.95. The molecule has 0 fully saturated rings. The van der Waals surface area contributed by atoms with Crippen LogP contribution in [0.2, 0.25) is 0 Å². The molecule has 3 heteroatoms. The lowest BCUT2D eigenvalue weighted by molar-refractivity contribution is -0.132. The third kappa shape index (κ3) is 6.65. The zero-order valence-electron chi connectivity index (χ0n) is 21.7. The first-order valence-corrected chi connectivity index (χ1v) is 12.7. The van der Waals surface area contributed by atoms with Gasteiger partial charge in [0.05, 0.1) is 0 Å². The van der Waals surface area contributed by atoms with Gasteiger partial charge in [0, 0.05) is 22.6 Å². The maximum atomic E-state index is 11.0. The molecule has 0 amide bonds. The number of anilines is 3. The highest BCUT2D eigenvalue weighted by Gasteiger charge is 2.13. The number of rotatable bonds is 9. The van der Waals surface area contributed by atoms with Crippen molar-refractivity contribution in [3.8, 4) is 0 Å². The van der Waals surface area contributed by atoms with Gasteiger partial charge in [0.1, 0.15) is 0 Å². The molecule has 0 spiro atoms. The highest BCUT2D eigenvalue weighted by molar-refractivity contribution is 5.91. The molecular formula is C34H33NO2. The van der Waals surface area contributed by atoms with Crippen molar-refractivity contribution in [2.24, 2.45) is 0 Å². The zero-order chi connectivity index (χ0) is 26.2. The van der Waals surface area contributed by atoms with E-state index >= 15 is 0 Å². The normalized spacial score (nSPS) is 11.6. The molecule has 0 aliphatic heterocycles. The lowest BCUT2D eigenvalue weighted by Crippen LogP contribution is -2.10. The average Bonchev–Trinajstić information content (AvgIpc) is 2.91. The second-order valence-corrected chi connectivity index (χ2v) is 9.26. The van der Waals surface area contributed by atoms with E-state index < -0.39 is 5.97 Å². The molecule has 4 aromatic carbocycles. The number of benzene rings is 4. The maximum Gasteiger partial charge on any atom is 0.331 e. The van der Waals surface area contributed by atoms with E-state index in [2.05, 4.69) is 97.6 Å². The van der Waals surface area contributed by atoms with Gasteiger partial charge in [-0.3, -0.25) is 0 Å². The molecule has 1 N–H and O–H groups in total. The Labute approximate surface area is 220 Å². The predicted octanol–water partition coefficient (Wildman–Crippen LogP) is 9.08. The first-order valence-electron chi connectivity index (χ1n) is 12.7. The van der Waals surface area contributed by atoms with Gasteiger partial charge in [-0.25, -0.2) is 4.79 Å². The van der Waals surface area contributed by atoms with Crippen molar-refractivity contribution >= 4 is 41.3 Å². The van der Waals surface area contributed by atoms with E-state index in [0.29, 0.717) is 5.57 Å². The summed E-state index contributed by atoms with van der Waals surface area (Å²) in [6, 6.07) is 33.8. The second kappa shape index (κ2) is 12.0. The van der Waals surface area contributed by atoms with Crippen molar-refractivity contribution in [2.75, 3.05) is 4.90 Å². The highest BCUT2D eigenvalue weighted by atomic mass is 16.4. The fourth-order valence-electron chi connectivity index (χ4n) is 4.31. The minimum Gasteiger partial charge on any atom is -0.478 e. The molecule has 4 aromatic rings. The average molecular weight is 488 g/mol. The van der Waals surface area contributed by atoms with Crippen LogP contribution in [0.4, 0.5) is 17.1 Å². The summed E-state index contributed by atoms with van der Waals surface area (Å²) >= 11 is 0. The van der Waals surface area contributed by atoms with Crippen LogP contribution in [0.1, 0.15) is 48.1 Å². The number of carboxylic acids is 1. The number of hydrogen-bond acceptors (Lipinski definition) is 2. The number of carboxylic acid groups (broad SMARTS) is 1. The van der Waals surface area contributed by atoms with Crippen LogP contribution >= 0.6 is 0 Å². The maximum absolute atomic E-state index is 11.0. The number of nitrogens with zero attached hydrogens (tertiary/aromatic N) is 1. The highest BCUT2D eigenvalue weighted by Crippen LogP contribution is 2.35. The van der Waals surface area contributed by atoms with Gasteiger partial charge in [-0.15, -0.1) is 0 Å². The summed E-state index contributed by atoms with van der Waals surface area (Å²) in [4.78, 5) is 13.3. The van der Waals surface area contributed by atoms with Crippen LogP contribution in [0.25, 0.3) is 18.2 Å². The van der Waals surface area contributed by atoms with Crippen molar-refractivity contribution in [3.05, 3.63) is 130 Å². The molecule has 3 nitrogen and oxygen atoms in total. The Hall–Kier alpha value is -4.37. The Morgan fingerprint density at radius 1 is 0.784 bits per heavy atom. The summed E-state index contributed by atoms with van der Waals surface area (Å²) in [5.74, 6) is -0.901. The third-order valence-electron chi connectivity index (χ3n) is 6.37. The fraction of sp³-hybridized carbons (Fsp3) is 0.147. The van der Waals surface area contributed by atoms with E-state index in [1.165, 1.54) is 11.1 Å². The van der Waals surface area contributed by atoms with Crippen molar-refractivity contribution in [3.63, 3.8) is 0 Å². The fourth-order valence-corrected chi connectivity index (χ4v) is 4.31. The zero-order valence-corrected chi connectivity index (χ0v) is 21.7. The summed E-state index contributed by atoms with van der Waals surface area (Å²) in [5, 5.41) is 9.07. The summed E-state index contributed by atoms with van der Waals surface area (Å²) in [6.07, 6.45) is 8.11. The van der Waals surface area contributed by atoms with Crippen LogP contribution in [0.3, 0.4) is 0 Å². The number of hydrogen-bond donors (Lipinski definition) is 1. The molecule has 0 radical (unpaired) electrons. The van der Waals surface area contributed by atoms with Crippen molar-refractivity contribution in [1.82, 2.24) is 0 Å². The van der Waals surface area contributed by atoms with E-state index in [0.717, 1.165) is 46.6 Å². The van der Waals surface area contributed by atoms with E-state index in [1.807, 2.05) is 30.3 Å². The Balaban J connectivity index is 1.59.